The Labute approximate surface area is 223 Å². The van der Waals surface area contributed by atoms with Crippen molar-refractivity contribution in [3.63, 3.8) is 0 Å². The van der Waals surface area contributed by atoms with Crippen LogP contribution in [-0.4, -0.2) is 24.3 Å². The first-order valence-corrected chi connectivity index (χ1v) is 13.6. The molecule has 3 aromatic rings. The largest absolute Gasteiger partial charge is 0.497 e. The van der Waals surface area contributed by atoms with Gasteiger partial charge in [0.05, 0.1) is 31.7 Å². The number of ether oxygens (including phenoxy) is 2. The van der Waals surface area contributed by atoms with E-state index in [9.17, 15) is 0 Å². The average molecular weight is 507 g/mol. The number of hydrogen-bond acceptors (Lipinski definition) is 5. The molecule has 0 saturated carbocycles. The predicted octanol–water partition coefficient (Wildman–Crippen LogP) is 7.99. The number of aliphatic imine (C=N–C) groups is 1. The van der Waals surface area contributed by atoms with E-state index in [1.165, 1.54) is 33.5 Å². The van der Waals surface area contributed by atoms with Crippen LogP contribution in [0, 0.1) is 6.92 Å². The highest BCUT2D eigenvalue weighted by Crippen LogP contribution is 2.51. The van der Waals surface area contributed by atoms with Crippen LogP contribution in [0.4, 0.5) is 0 Å². The Kier molecular flexibility index (Phi) is 6.39. The lowest BCUT2D eigenvalue weighted by Crippen LogP contribution is -2.34. The van der Waals surface area contributed by atoms with Crippen LogP contribution in [0.25, 0.3) is 11.8 Å². The predicted molar refractivity (Wildman–Crippen MR) is 154 cm³/mol. The smallest absolute Gasteiger partial charge is 0.174 e. The minimum absolute atomic E-state index is 0.0640. The van der Waals surface area contributed by atoms with Gasteiger partial charge in [-0.15, -0.1) is 0 Å². The van der Waals surface area contributed by atoms with Crippen molar-refractivity contribution in [2.45, 2.75) is 32.2 Å². The van der Waals surface area contributed by atoms with Crippen molar-refractivity contribution < 1.29 is 9.47 Å². The van der Waals surface area contributed by atoms with Crippen molar-refractivity contribution in [3.8, 4) is 11.5 Å². The molecule has 0 saturated heterocycles. The van der Waals surface area contributed by atoms with Crippen LogP contribution in [0.15, 0.2) is 100 Å². The first-order chi connectivity index (χ1) is 18.1. The Morgan fingerprint density at radius 2 is 1.68 bits per heavy atom. The van der Waals surface area contributed by atoms with Crippen LogP contribution >= 0.6 is 11.8 Å². The summed E-state index contributed by atoms with van der Waals surface area (Å²) in [6.45, 7) is 2.13. The number of rotatable bonds is 5. The van der Waals surface area contributed by atoms with Crippen LogP contribution in [0.5, 0.6) is 11.5 Å². The fourth-order valence-corrected chi connectivity index (χ4v) is 6.32. The van der Waals surface area contributed by atoms with E-state index in [-0.39, 0.29) is 6.04 Å². The van der Waals surface area contributed by atoms with E-state index in [0.29, 0.717) is 0 Å². The molecule has 0 N–H and O–H groups in total. The molecule has 1 atom stereocenters. The van der Waals surface area contributed by atoms with Gasteiger partial charge < -0.3 is 14.4 Å². The van der Waals surface area contributed by atoms with Crippen LogP contribution in [0.2, 0.25) is 0 Å². The molecule has 3 aliphatic rings. The molecule has 0 spiro atoms. The van der Waals surface area contributed by atoms with E-state index < -0.39 is 0 Å². The van der Waals surface area contributed by atoms with Crippen molar-refractivity contribution in [2.24, 2.45) is 4.99 Å². The Balaban J connectivity index is 1.49. The molecular formula is C32H30N2O2S. The van der Waals surface area contributed by atoms with E-state index >= 15 is 0 Å². The summed E-state index contributed by atoms with van der Waals surface area (Å²) in [5, 5.41) is 3.28. The fourth-order valence-electron chi connectivity index (χ4n) is 5.39. The maximum Gasteiger partial charge on any atom is 0.174 e. The lowest BCUT2D eigenvalue weighted by Gasteiger charge is -2.40. The topological polar surface area (TPSA) is 34.1 Å². The quantitative estimate of drug-likeness (QED) is 0.351. The maximum atomic E-state index is 5.63. The number of fused-ring (bicyclic) bond motifs is 1. The zero-order valence-electron chi connectivity index (χ0n) is 21.4. The molecule has 5 heteroatoms. The fraction of sp³-hybridized carbons (Fsp3) is 0.219. The summed E-state index contributed by atoms with van der Waals surface area (Å²) < 4.78 is 11.1. The monoisotopic (exact) mass is 506 g/mol. The number of thioether (sulfide) groups is 1. The van der Waals surface area contributed by atoms with E-state index in [1.807, 2.05) is 18.2 Å². The number of methoxy groups -OCH3 is 2. The molecule has 0 aromatic heterocycles. The standard InChI is InChI=1S/C32H30N2O2S/c1-21-13-15-23(16-14-21)29-20-37-32-33-30-24(17-22-7-4-10-26(18-22)35-2)8-6-12-28(30)31(34(29)32)25-9-5-11-27(19-25)36-3/h4-5,7,9-11,13-20,31H,6,8,12H2,1-3H3/b24-17+. The molecular weight excluding hydrogens is 476 g/mol. The maximum absolute atomic E-state index is 5.63. The Bertz CT molecular complexity index is 1470. The lowest BCUT2D eigenvalue weighted by molar-refractivity contribution is 0.410. The summed E-state index contributed by atoms with van der Waals surface area (Å²) >= 11 is 1.71. The van der Waals surface area contributed by atoms with Crippen molar-refractivity contribution in [1.82, 2.24) is 4.90 Å². The van der Waals surface area contributed by atoms with Gasteiger partial charge >= 0.3 is 0 Å². The van der Waals surface area contributed by atoms with Gasteiger partial charge in [0.2, 0.25) is 0 Å². The summed E-state index contributed by atoms with van der Waals surface area (Å²) in [6, 6.07) is 25.6. The molecule has 6 rings (SSSR count). The number of nitrogens with zero attached hydrogens (tertiary/aromatic N) is 2. The van der Waals surface area contributed by atoms with Crippen LogP contribution < -0.4 is 9.47 Å². The molecule has 2 heterocycles. The summed E-state index contributed by atoms with van der Waals surface area (Å²) in [6.07, 6.45) is 5.42. The van der Waals surface area contributed by atoms with E-state index in [1.54, 1.807) is 26.0 Å². The highest BCUT2D eigenvalue weighted by Gasteiger charge is 2.40. The Morgan fingerprint density at radius 1 is 0.919 bits per heavy atom. The van der Waals surface area contributed by atoms with Crippen molar-refractivity contribution >= 4 is 28.7 Å². The average Bonchev–Trinajstić information content (AvgIpc) is 3.36. The van der Waals surface area contributed by atoms with Crippen molar-refractivity contribution in [1.29, 1.82) is 0 Å². The first-order valence-electron chi connectivity index (χ1n) is 12.7. The molecule has 0 radical (unpaired) electrons. The minimum Gasteiger partial charge on any atom is -0.497 e. The van der Waals surface area contributed by atoms with Crippen molar-refractivity contribution in [3.05, 3.63) is 117 Å². The number of allylic oxidation sites excluding steroid dienone is 1. The lowest BCUT2D eigenvalue weighted by atomic mass is 9.82. The van der Waals surface area contributed by atoms with Crippen LogP contribution in [-0.2, 0) is 0 Å². The molecule has 3 aromatic carbocycles. The van der Waals surface area contributed by atoms with Crippen molar-refractivity contribution in [2.75, 3.05) is 14.2 Å². The third kappa shape index (κ3) is 4.49. The molecule has 0 bridgehead atoms. The van der Waals surface area contributed by atoms with Gasteiger partial charge in [0.15, 0.2) is 5.17 Å². The summed E-state index contributed by atoms with van der Waals surface area (Å²) in [7, 11) is 3.44. The zero-order valence-corrected chi connectivity index (χ0v) is 22.2. The molecule has 0 fully saturated rings. The van der Waals surface area contributed by atoms with Crippen LogP contribution in [0.3, 0.4) is 0 Å². The van der Waals surface area contributed by atoms with Crippen LogP contribution in [0.1, 0.15) is 47.6 Å². The molecule has 0 amide bonds. The van der Waals surface area contributed by atoms with Gasteiger partial charge in [-0.1, -0.05) is 65.9 Å². The number of aryl methyl sites for hydroxylation is 1. The molecule has 2 aliphatic heterocycles. The number of benzene rings is 3. The molecule has 186 valence electrons. The highest BCUT2D eigenvalue weighted by atomic mass is 32.2. The first kappa shape index (κ1) is 23.7. The van der Waals surface area contributed by atoms with Gasteiger partial charge in [-0.2, -0.15) is 0 Å². The third-order valence-corrected chi connectivity index (χ3v) is 8.07. The SMILES string of the molecule is COc1cccc(/C=C2\CCCC3=C2N=C2SC=C(c4ccc(C)cc4)N2C3c2cccc(OC)c2)c1. The van der Waals surface area contributed by atoms with Gasteiger partial charge in [-0.25, -0.2) is 4.99 Å². The Morgan fingerprint density at radius 3 is 2.46 bits per heavy atom. The van der Waals surface area contributed by atoms with Gasteiger partial charge in [0, 0.05) is 5.41 Å². The van der Waals surface area contributed by atoms with Gasteiger partial charge in [0.1, 0.15) is 11.5 Å². The van der Waals surface area contributed by atoms with E-state index in [4.69, 9.17) is 14.5 Å². The second-order valence-electron chi connectivity index (χ2n) is 9.60. The second kappa shape index (κ2) is 9.98. The molecule has 1 aliphatic carbocycles. The third-order valence-electron chi connectivity index (χ3n) is 7.23. The molecule has 1 unspecified atom stereocenters. The molecule has 37 heavy (non-hydrogen) atoms. The van der Waals surface area contributed by atoms with E-state index in [2.05, 4.69) is 77.9 Å². The van der Waals surface area contributed by atoms with Gasteiger partial charge in [-0.05, 0) is 84.4 Å². The summed E-state index contributed by atoms with van der Waals surface area (Å²) in [5.41, 5.74) is 9.84. The zero-order chi connectivity index (χ0) is 25.4. The van der Waals surface area contributed by atoms with E-state index in [0.717, 1.165) is 47.2 Å². The highest BCUT2D eigenvalue weighted by molar-refractivity contribution is 8.16. The summed E-state index contributed by atoms with van der Waals surface area (Å²) in [4.78, 5) is 7.73. The van der Waals surface area contributed by atoms with Gasteiger partial charge in [0.25, 0.3) is 0 Å². The number of hydrogen-bond donors (Lipinski definition) is 0. The minimum atomic E-state index is 0.0640. The van der Waals surface area contributed by atoms with Gasteiger partial charge in [-0.3, -0.25) is 0 Å². The second-order valence-corrected chi connectivity index (χ2v) is 10.4. The molecule has 4 nitrogen and oxygen atoms in total. The number of amidine groups is 1. The summed E-state index contributed by atoms with van der Waals surface area (Å²) in [5.74, 6) is 1.74. The Hall–Kier alpha value is -3.70. The normalized spacial score (nSPS) is 19.8.